The van der Waals surface area contributed by atoms with Crippen LogP contribution in [0.1, 0.15) is 54.1 Å². The fourth-order valence-corrected chi connectivity index (χ4v) is 4.49. The maximum absolute atomic E-state index is 13.1. The Hall–Kier alpha value is -4.09. The lowest BCUT2D eigenvalue weighted by atomic mass is 10.0. The summed E-state index contributed by atoms with van der Waals surface area (Å²) in [5.41, 5.74) is 4.08. The first-order valence-electron chi connectivity index (χ1n) is 12.0. The van der Waals surface area contributed by atoms with E-state index in [9.17, 15) is 14.9 Å². The van der Waals surface area contributed by atoms with E-state index in [4.69, 9.17) is 20.8 Å². The molecule has 0 saturated carbocycles. The standard InChI is InChI=1S/C28H27ClN4O4/c1-4-11-32-18(2)13-21(19(32)3)14-22(16-30)28(35)37-17-27(34)33-25(26-6-5-12-36-26)15-24(31-33)20-7-9-23(29)10-8-20/h5-10,12-14,25H,4,11,15,17H2,1-3H3/b22-14+. The van der Waals surface area contributed by atoms with Crippen molar-refractivity contribution in [3.8, 4) is 6.07 Å². The second-order valence-corrected chi connectivity index (χ2v) is 9.19. The van der Waals surface area contributed by atoms with Gasteiger partial charge in [-0.3, -0.25) is 4.79 Å². The van der Waals surface area contributed by atoms with E-state index in [0.29, 0.717) is 22.9 Å². The van der Waals surface area contributed by atoms with Gasteiger partial charge in [-0.15, -0.1) is 0 Å². The number of rotatable bonds is 8. The molecule has 1 aliphatic heterocycles. The third-order valence-electron chi connectivity index (χ3n) is 6.24. The van der Waals surface area contributed by atoms with E-state index >= 15 is 0 Å². The Labute approximate surface area is 220 Å². The Balaban J connectivity index is 1.50. The number of nitriles is 1. The quantitative estimate of drug-likeness (QED) is 0.220. The molecule has 0 N–H and O–H groups in total. The second-order valence-electron chi connectivity index (χ2n) is 8.75. The number of esters is 1. The predicted octanol–water partition coefficient (Wildman–Crippen LogP) is 5.59. The Kier molecular flexibility index (Phi) is 7.95. The van der Waals surface area contributed by atoms with Crippen molar-refractivity contribution in [2.45, 2.75) is 46.2 Å². The molecule has 1 aromatic carbocycles. The maximum Gasteiger partial charge on any atom is 0.349 e. The molecule has 1 aliphatic rings. The lowest BCUT2D eigenvalue weighted by Gasteiger charge is -2.19. The summed E-state index contributed by atoms with van der Waals surface area (Å²) in [6.07, 6.45) is 4.41. The number of ether oxygens (including phenoxy) is 1. The number of hydrazone groups is 1. The molecule has 8 nitrogen and oxygen atoms in total. The van der Waals surface area contributed by atoms with Crippen molar-refractivity contribution in [1.82, 2.24) is 9.58 Å². The van der Waals surface area contributed by atoms with Gasteiger partial charge in [0.2, 0.25) is 0 Å². The van der Waals surface area contributed by atoms with Gasteiger partial charge in [0.15, 0.2) is 6.61 Å². The maximum atomic E-state index is 13.1. The van der Waals surface area contributed by atoms with Crippen LogP contribution in [0.4, 0.5) is 0 Å². The molecule has 4 rings (SSSR count). The van der Waals surface area contributed by atoms with Crippen LogP contribution in [0.25, 0.3) is 6.08 Å². The van der Waals surface area contributed by atoms with E-state index in [1.807, 2.05) is 38.1 Å². The molecule has 0 saturated heterocycles. The normalized spacial score (nSPS) is 15.4. The zero-order chi connectivity index (χ0) is 26.5. The first kappa shape index (κ1) is 26.0. The zero-order valence-corrected chi connectivity index (χ0v) is 21.7. The number of hydrogen-bond donors (Lipinski definition) is 0. The van der Waals surface area contributed by atoms with E-state index in [1.165, 1.54) is 17.3 Å². The number of aryl methyl sites for hydroxylation is 1. The molecule has 0 bridgehead atoms. The molecule has 0 spiro atoms. The highest BCUT2D eigenvalue weighted by atomic mass is 35.5. The number of halogens is 1. The number of amides is 1. The van der Waals surface area contributed by atoms with Crippen LogP contribution in [0.3, 0.4) is 0 Å². The summed E-state index contributed by atoms with van der Waals surface area (Å²) in [6.45, 7) is 6.28. The van der Waals surface area contributed by atoms with Crippen molar-refractivity contribution in [3.63, 3.8) is 0 Å². The van der Waals surface area contributed by atoms with Crippen molar-refractivity contribution in [3.05, 3.63) is 87.6 Å². The fourth-order valence-electron chi connectivity index (χ4n) is 4.36. The minimum Gasteiger partial charge on any atom is -0.467 e. The first-order chi connectivity index (χ1) is 17.8. The summed E-state index contributed by atoms with van der Waals surface area (Å²) in [4.78, 5) is 25.8. The van der Waals surface area contributed by atoms with Gasteiger partial charge >= 0.3 is 5.97 Å². The summed E-state index contributed by atoms with van der Waals surface area (Å²) >= 11 is 6.00. The first-order valence-corrected chi connectivity index (χ1v) is 12.3. The van der Waals surface area contributed by atoms with Crippen LogP contribution >= 0.6 is 11.6 Å². The molecule has 0 fully saturated rings. The molecule has 9 heteroatoms. The molecule has 0 radical (unpaired) electrons. The Morgan fingerprint density at radius 3 is 2.68 bits per heavy atom. The highest BCUT2D eigenvalue weighted by Gasteiger charge is 2.35. The summed E-state index contributed by atoms with van der Waals surface area (Å²) in [7, 11) is 0. The zero-order valence-electron chi connectivity index (χ0n) is 20.9. The third-order valence-corrected chi connectivity index (χ3v) is 6.49. The van der Waals surface area contributed by atoms with Crippen LogP contribution in [-0.4, -0.2) is 33.8 Å². The van der Waals surface area contributed by atoms with Gasteiger partial charge in [0.25, 0.3) is 5.91 Å². The molecular formula is C28H27ClN4O4. The number of furan rings is 1. The van der Waals surface area contributed by atoms with Crippen LogP contribution in [0.5, 0.6) is 0 Å². The van der Waals surface area contributed by atoms with Crippen LogP contribution in [0, 0.1) is 25.2 Å². The monoisotopic (exact) mass is 518 g/mol. The molecule has 0 aliphatic carbocycles. The van der Waals surface area contributed by atoms with E-state index in [1.54, 1.807) is 24.3 Å². The van der Waals surface area contributed by atoms with E-state index in [0.717, 1.165) is 35.5 Å². The number of nitrogens with zero attached hydrogens (tertiary/aromatic N) is 4. The number of benzene rings is 1. The van der Waals surface area contributed by atoms with Crippen LogP contribution in [-0.2, 0) is 20.9 Å². The highest BCUT2D eigenvalue weighted by Crippen LogP contribution is 2.33. The highest BCUT2D eigenvalue weighted by molar-refractivity contribution is 6.30. The van der Waals surface area contributed by atoms with Crippen LogP contribution in [0.2, 0.25) is 5.02 Å². The molecule has 3 heterocycles. The van der Waals surface area contributed by atoms with E-state index < -0.39 is 24.5 Å². The van der Waals surface area contributed by atoms with Gasteiger partial charge in [0.1, 0.15) is 23.4 Å². The van der Waals surface area contributed by atoms with E-state index in [-0.39, 0.29) is 5.57 Å². The SMILES string of the molecule is CCCn1c(C)cc(/C=C(\C#N)C(=O)OCC(=O)N2N=C(c3ccc(Cl)cc3)CC2c2ccco2)c1C. The van der Waals surface area contributed by atoms with Crippen molar-refractivity contribution >= 4 is 35.3 Å². The number of carbonyl (C=O) groups is 2. The molecule has 3 aromatic rings. The molecule has 1 unspecified atom stereocenters. The largest absolute Gasteiger partial charge is 0.467 e. The van der Waals surface area contributed by atoms with Gasteiger partial charge in [-0.2, -0.15) is 10.4 Å². The van der Waals surface area contributed by atoms with Crippen molar-refractivity contribution in [2.24, 2.45) is 5.10 Å². The minimum atomic E-state index is -0.869. The van der Waals surface area contributed by atoms with Gasteiger partial charge in [-0.1, -0.05) is 30.7 Å². The van der Waals surface area contributed by atoms with Gasteiger partial charge in [-0.25, -0.2) is 9.80 Å². The lowest BCUT2D eigenvalue weighted by molar-refractivity contribution is -0.149. The second kappa shape index (κ2) is 11.3. The Morgan fingerprint density at radius 1 is 1.27 bits per heavy atom. The topological polar surface area (TPSA) is 101 Å². The third kappa shape index (κ3) is 5.68. The summed E-state index contributed by atoms with van der Waals surface area (Å²) in [5.74, 6) is -0.837. The van der Waals surface area contributed by atoms with Gasteiger partial charge in [0, 0.05) is 29.4 Å². The van der Waals surface area contributed by atoms with Crippen molar-refractivity contribution in [2.75, 3.05) is 6.61 Å². The summed E-state index contributed by atoms with van der Waals surface area (Å²) < 4.78 is 12.9. The Bertz CT molecular complexity index is 1400. The van der Waals surface area contributed by atoms with Crippen LogP contribution in [0.15, 0.2) is 63.8 Å². The van der Waals surface area contributed by atoms with Crippen molar-refractivity contribution < 1.29 is 18.7 Å². The van der Waals surface area contributed by atoms with E-state index in [2.05, 4.69) is 16.6 Å². The van der Waals surface area contributed by atoms with Crippen LogP contribution < -0.4 is 0 Å². The lowest BCUT2D eigenvalue weighted by Crippen LogP contribution is -2.31. The Morgan fingerprint density at radius 2 is 2.03 bits per heavy atom. The molecular weight excluding hydrogens is 492 g/mol. The molecule has 37 heavy (non-hydrogen) atoms. The van der Waals surface area contributed by atoms with Gasteiger partial charge in [-0.05, 0) is 67.8 Å². The number of hydrogen-bond acceptors (Lipinski definition) is 6. The molecule has 1 atom stereocenters. The summed E-state index contributed by atoms with van der Waals surface area (Å²) in [6, 6.07) is 14.0. The molecule has 190 valence electrons. The minimum absolute atomic E-state index is 0.182. The predicted molar refractivity (Wildman–Crippen MR) is 140 cm³/mol. The van der Waals surface area contributed by atoms with Gasteiger partial charge < -0.3 is 13.7 Å². The van der Waals surface area contributed by atoms with Gasteiger partial charge in [0.05, 0.1) is 12.0 Å². The molecule has 2 aromatic heterocycles. The molecule has 1 amide bonds. The average Bonchev–Trinajstić information content (AvgIpc) is 3.63. The summed E-state index contributed by atoms with van der Waals surface area (Å²) in [5, 5.41) is 16.0. The average molecular weight is 519 g/mol. The smallest absolute Gasteiger partial charge is 0.349 e. The number of aromatic nitrogens is 1. The fraction of sp³-hybridized carbons (Fsp3) is 0.286. The number of carbonyl (C=O) groups excluding carboxylic acids is 2. The van der Waals surface area contributed by atoms with Crippen molar-refractivity contribution in [1.29, 1.82) is 5.26 Å².